The first-order valence-corrected chi connectivity index (χ1v) is 8.30. The standard InChI is InChI=1S/C13H16IN3O5/c1-13(2)21-8-6(5-14)20-12(9(8)22-13)17-4-3-16-7(10(15)18)11(17)19/h3-4,6,8-9,12H,5H2,1-2H3,(H2,15,18)/t6-,8-,9-,12-/m1/s1. The number of halogens is 1. The van der Waals surface area contributed by atoms with Crippen LogP contribution in [0, 0.1) is 0 Å². The van der Waals surface area contributed by atoms with Crippen LogP contribution in [0.4, 0.5) is 0 Å². The van der Waals surface area contributed by atoms with Crippen molar-refractivity contribution < 1.29 is 19.0 Å². The van der Waals surface area contributed by atoms with E-state index in [1.807, 2.05) is 13.8 Å². The summed E-state index contributed by atoms with van der Waals surface area (Å²) in [6.45, 7) is 3.63. The Kier molecular flexibility index (Phi) is 4.00. The number of amides is 1. The Hall–Kier alpha value is -1.04. The van der Waals surface area contributed by atoms with E-state index in [2.05, 4.69) is 27.6 Å². The van der Waals surface area contributed by atoms with Crippen molar-refractivity contribution in [3.63, 3.8) is 0 Å². The van der Waals surface area contributed by atoms with Crippen LogP contribution in [0.15, 0.2) is 17.2 Å². The highest BCUT2D eigenvalue weighted by Crippen LogP contribution is 2.42. The maximum absolute atomic E-state index is 12.4. The van der Waals surface area contributed by atoms with Gasteiger partial charge in [-0.15, -0.1) is 0 Å². The second-order valence-electron chi connectivity index (χ2n) is 5.64. The number of fused-ring (bicyclic) bond motifs is 1. The van der Waals surface area contributed by atoms with Crippen molar-refractivity contribution in [3.05, 3.63) is 28.4 Å². The highest BCUT2D eigenvalue weighted by Gasteiger charge is 2.55. The first-order chi connectivity index (χ1) is 10.3. The Morgan fingerprint density at radius 2 is 2.14 bits per heavy atom. The summed E-state index contributed by atoms with van der Waals surface area (Å²) in [5.41, 5.74) is 4.26. The van der Waals surface area contributed by atoms with E-state index in [9.17, 15) is 9.59 Å². The largest absolute Gasteiger partial charge is 0.364 e. The van der Waals surface area contributed by atoms with Gasteiger partial charge >= 0.3 is 0 Å². The predicted octanol–water partition coefficient (Wildman–Crippen LogP) is 0.195. The van der Waals surface area contributed by atoms with Gasteiger partial charge in [0.05, 0.1) is 6.10 Å². The van der Waals surface area contributed by atoms with Crippen molar-refractivity contribution in [2.75, 3.05) is 4.43 Å². The molecule has 2 aliphatic heterocycles. The Labute approximate surface area is 140 Å². The number of hydrogen-bond donors (Lipinski definition) is 1. The van der Waals surface area contributed by atoms with Crippen LogP contribution in [0.3, 0.4) is 0 Å². The number of ether oxygens (including phenoxy) is 3. The van der Waals surface area contributed by atoms with Crippen LogP contribution in [0.2, 0.25) is 0 Å². The first kappa shape index (κ1) is 15.8. The van der Waals surface area contributed by atoms with Crippen molar-refractivity contribution >= 4 is 28.5 Å². The molecule has 120 valence electrons. The predicted molar refractivity (Wildman–Crippen MR) is 83.6 cm³/mol. The van der Waals surface area contributed by atoms with Crippen molar-refractivity contribution in [3.8, 4) is 0 Å². The van der Waals surface area contributed by atoms with Gasteiger partial charge in [-0.1, -0.05) is 22.6 Å². The topological polar surface area (TPSA) is 106 Å². The van der Waals surface area contributed by atoms with Crippen LogP contribution in [0.1, 0.15) is 30.6 Å². The lowest BCUT2D eigenvalue weighted by Gasteiger charge is -2.24. The van der Waals surface area contributed by atoms with Gasteiger partial charge < -0.3 is 19.9 Å². The molecule has 9 heteroatoms. The molecule has 2 aliphatic rings. The number of rotatable bonds is 3. The molecule has 0 aromatic carbocycles. The Morgan fingerprint density at radius 3 is 2.77 bits per heavy atom. The molecule has 4 atom stereocenters. The maximum atomic E-state index is 12.4. The molecule has 0 radical (unpaired) electrons. The van der Waals surface area contributed by atoms with E-state index < -0.39 is 29.6 Å². The van der Waals surface area contributed by atoms with E-state index in [4.69, 9.17) is 19.9 Å². The third kappa shape index (κ3) is 2.55. The fourth-order valence-corrected chi connectivity index (χ4v) is 3.51. The quantitative estimate of drug-likeness (QED) is 0.552. The lowest BCUT2D eigenvalue weighted by molar-refractivity contribution is -0.194. The van der Waals surface area contributed by atoms with Gasteiger partial charge in [0.25, 0.3) is 11.5 Å². The molecule has 1 aromatic rings. The van der Waals surface area contributed by atoms with E-state index in [-0.39, 0.29) is 17.9 Å². The molecule has 0 spiro atoms. The second-order valence-corrected chi connectivity index (χ2v) is 6.52. The van der Waals surface area contributed by atoms with Gasteiger partial charge in [0.15, 0.2) is 17.7 Å². The number of hydrogen-bond acceptors (Lipinski definition) is 6. The third-order valence-corrected chi connectivity index (χ3v) is 4.52. The van der Waals surface area contributed by atoms with Gasteiger partial charge in [0.2, 0.25) is 0 Å². The summed E-state index contributed by atoms with van der Waals surface area (Å²) < 4.78 is 19.6. The van der Waals surface area contributed by atoms with Gasteiger partial charge in [-0.2, -0.15) is 0 Å². The summed E-state index contributed by atoms with van der Waals surface area (Å²) in [5, 5.41) is 0. The zero-order valence-electron chi connectivity index (χ0n) is 12.1. The van der Waals surface area contributed by atoms with Crippen LogP contribution in [0.5, 0.6) is 0 Å². The van der Waals surface area contributed by atoms with Crippen LogP contribution >= 0.6 is 22.6 Å². The average molecular weight is 421 g/mol. The number of aromatic nitrogens is 2. The molecule has 1 aromatic heterocycles. The van der Waals surface area contributed by atoms with E-state index in [0.29, 0.717) is 4.43 Å². The van der Waals surface area contributed by atoms with Crippen LogP contribution in [0.25, 0.3) is 0 Å². The molecule has 3 rings (SSSR count). The first-order valence-electron chi connectivity index (χ1n) is 6.78. The zero-order chi connectivity index (χ0) is 16.1. The molecule has 8 nitrogen and oxygen atoms in total. The molecule has 1 amide bonds. The summed E-state index contributed by atoms with van der Waals surface area (Å²) in [6.07, 6.45) is 1.22. The van der Waals surface area contributed by atoms with E-state index in [1.165, 1.54) is 17.0 Å². The SMILES string of the molecule is CC1(C)O[C@@H]2[C@H](O1)[C@@H](CI)O[C@H]2n1ccnc(C(N)=O)c1=O. The molecule has 22 heavy (non-hydrogen) atoms. The lowest BCUT2D eigenvalue weighted by Crippen LogP contribution is -2.37. The summed E-state index contributed by atoms with van der Waals surface area (Å²) in [7, 11) is 0. The van der Waals surface area contributed by atoms with Crippen molar-refractivity contribution in [2.45, 2.75) is 44.2 Å². The van der Waals surface area contributed by atoms with Gasteiger partial charge in [-0.25, -0.2) is 4.98 Å². The number of primary amides is 1. The Morgan fingerprint density at radius 1 is 1.45 bits per heavy atom. The van der Waals surface area contributed by atoms with E-state index in [0.717, 1.165) is 0 Å². The number of carbonyl (C=O) groups excluding carboxylic acids is 1. The number of alkyl halides is 1. The Balaban J connectivity index is 2.01. The van der Waals surface area contributed by atoms with Crippen molar-refractivity contribution in [1.82, 2.24) is 9.55 Å². The fraction of sp³-hybridized carbons (Fsp3) is 0.615. The molecule has 0 unspecified atom stereocenters. The molecule has 0 bridgehead atoms. The Bertz CT molecular complexity index is 661. The minimum Gasteiger partial charge on any atom is -0.364 e. The minimum atomic E-state index is -0.872. The highest BCUT2D eigenvalue weighted by molar-refractivity contribution is 14.1. The third-order valence-electron chi connectivity index (χ3n) is 3.65. The molecular formula is C13H16IN3O5. The van der Waals surface area contributed by atoms with Crippen LogP contribution < -0.4 is 11.3 Å². The molecule has 3 heterocycles. The summed E-state index contributed by atoms with van der Waals surface area (Å²) >= 11 is 2.20. The van der Waals surface area contributed by atoms with Crippen molar-refractivity contribution in [2.24, 2.45) is 5.73 Å². The zero-order valence-corrected chi connectivity index (χ0v) is 14.2. The smallest absolute Gasteiger partial charge is 0.284 e. The van der Waals surface area contributed by atoms with Crippen LogP contribution in [-0.4, -0.2) is 44.0 Å². The lowest BCUT2D eigenvalue weighted by atomic mass is 10.1. The maximum Gasteiger partial charge on any atom is 0.284 e. The monoisotopic (exact) mass is 421 g/mol. The molecular weight excluding hydrogens is 405 g/mol. The average Bonchev–Trinajstić information content (AvgIpc) is 2.92. The molecule has 0 aliphatic carbocycles. The minimum absolute atomic E-state index is 0.200. The summed E-state index contributed by atoms with van der Waals surface area (Å²) in [4.78, 5) is 27.4. The molecule has 2 saturated heterocycles. The van der Waals surface area contributed by atoms with E-state index >= 15 is 0 Å². The highest BCUT2D eigenvalue weighted by atomic mass is 127. The number of nitrogens with two attached hydrogens (primary N) is 1. The number of carbonyl (C=O) groups is 1. The molecule has 2 N–H and O–H groups in total. The summed E-state index contributed by atoms with van der Waals surface area (Å²) in [5.74, 6) is -1.62. The van der Waals surface area contributed by atoms with Gasteiger partial charge in [0.1, 0.15) is 12.2 Å². The van der Waals surface area contributed by atoms with Crippen LogP contribution in [-0.2, 0) is 14.2 Å². The molecule has 2 fully saturated rings. The van der Waals surface area contributed by atoms with Gasteiger partial charge in [-0.05, 0) is 13.8 Å². The van der Waals surface area contributed by atoms with E-state index in [1.54, 1.807) is 0 Å². The number of nitrogens with zero attached hydrogens (tertiary/aromatic N) is 2. The van der Waals surface area contributed by atoms with Crippen molar-refractivity contribution in [1.29, 1.82) is 0 Å². The normalized spacial score (nSPS) is 32.9. The second kappa shape index (κ2) is 5.55. The van der Waals surface area contributed by atoms with Gasteiger partial charge in [0, 0.05) is 16.8 Å². The molecule has 0 saturated carbocycles. The fourth-order valence-electron chi connectivity index (χ4n) is 2.80. The van der Waals surface area contributed by atoms with Gasteiger partial charge in [-0.3, -0.25) is 14.2 Å². The summed E-state index contributed by atoms with van der Waals surface area (Å²) in [6, 6.07) is 0.